The zero-order valence-corrected chi connectivity index (χ0v) is 14.7. The third kappa shape index (κ3) is 5.15. The maximum absolute atomic E-state index is 10.3. The van der Waals surface area contributed by atoms with Crippen LogP contribution < -0.4 is 14.2 Å². The second-order valence-electron chi connectivity index (χ2n) is 5.49. The van der Waals surface area contributed by atoms with Gasteiger partial charge in [-0.1, -0.05) is 6.07 Å². The standard InChI is InChI=1S/C21H18N2O4/c1-25-21-12-16(13-23-17-6-8-19(9-7-17)27-15-24)5-10-20(21)26-14-18-4-2-3-11-22-18/h2-13,15H,14H2,1H3. The Labute approximate surface area is 157 Å². The van der Waals surface area contributed by atoms with Crippen LogP contribution in [0, 0.1) is 0 Å². The van der Waals surface area contributed by atoms with Gasteiger partial charge in [0.25, 0.3) is 6.47 Å². The molecule has 0 aliphatic heterocycles. The largest absolute Gasteiger partial charge is 0.493 e. The number of hydrogen-bond donors (Lipinski definition) is 0. The summed E-state index contributed by atoms with van der Waals surface area (Å²) in [6.07, 6.45) is 3.45. The first-order valence-corrected chi connectivity index (χ1v) is 8.23. The van der Waals surface area contributed by atoms with Crippen molar-refractivity contribution in [2.24, 2.45) is 4.99 Å². The fourth-order valence-corrected chi connectivity index (χ4v) is 2.33. The van der Waals surface area contributed by atoms with E-state index in [-0.39, 0.29) is 0 Å². The molecule has 3 aromatic rings. The molecule has 0 atom stereocenters. The molecule has 0 aliphatic carbocycles. The summed E-state index contributed by atoms with van der Waals surface area (Å²) in [6.45, 7) is 0.752. The number of ether oxygens (including phenoxy) is 3. The molecule has 0 saturated heterocycles. The van der Waals surface area contributed by atoms with Crippen molar-refractivity contribution in [3.05, 3.63) is 78.1 Å². The number of aliphatic imine (C=N–C) groups is 1. The fourth-order valence-electron chi connectivity index (χ4n) is 2.33. The predicted octanol–water partition coefficient (Wildman–Crippen LogP) is 3.96. The third-order valence-electron chi connectivity index (χ3n) is 3.67. The van der Waals surface area contributed by atoms with Gasteiger partial charge in [0.15, 0.2) is 11.5 Å². The molecular formula is C21H18N2O4. The second kappa shape index (κ2) is 9.15. The molecular weight excluding hydrogens is 344 g/mol. The highest BCUT2D eigenvalue weighted by atomic mass is 16.5. The van der Waals surface area contributed by atoms with Crippen LogP contribution >= 0.6 is 0 Å². The highest BCUT2D eigenvalue weighted by Gasteiger charge is 2.06. The van der Waals surface area contributed by atoms with Gasteiger partial charge in [-0.2, -0.15) is 0 Å². The summed E-state index contributed by atoms with van der Waals surface area (Å²) < 4.78 is 16.0. The van der Waals surface area contributed by atoms with Crippen LogP contribution in [-0.4, -0.2) is 24.8 Å². The Morgan fingerprint density at radius 2 is 1.89 bits per heavy atom. The molecule has 0 amide bonds. The fraction of sp³-hybridized carbons (Fsp3) is 0.0952. The number of carbonyl (C=O) groups is 1. The lowest BCUT2D eigenvalue weighted by molar-refractivity contribution is -0.120. The van der Waals surface area contributed by atoms with Crippen molar-refractivity contribution in [1.82, 2.24) is 4.98 Å². The Morgan fingerprint density at radius 3 is 2.59 bits per heavy atom. The Morgan fingerprint density at radius 1 is 1.04 bits per heavy atom. The Bertz CT molecular complexity index is 909. The molecule has 27 heavy (non-hydrogen) atoms. The number of hydrogen-bond acceptors (Lipinski definition) is 6. The molecule has 0 fully saturated rings. The number of rotatable bonds is 8. The predicted molar refractivity (Wildman–Crippen MR) is 102 cm³/mol. The minimum Gasteiger partial charge on any atom is -0.493 e. The zero-order chi connectivity index (χ0) is 18.9. The molecule has 0 bridgehead atoms. The van der Waals surface area contributed by atoms with E-state index >= 15 is 0 Å². The van der Waals surface area contributed by atoms with Crippen LogP contribution in [0.2, 0.25) is 0 Å². The molecule has 0 saturated carbocycles. The van der Waals surface area contributed by atoms with Crippen LogP contribution in [0.15, 0.2) is 71.9 Å². The minimum absolute atomic E-state index is 0.361. The summed E-state index contributed by atoms with van der Waals surface area (Å²) in [5.41, 5.74) is 2.44. The molecule has 1 heterocycles. The molecule has 0 N–H and O–H groups in total. The summed E-state index contributed by atoms with van der Waals surface area (Å²) >= 11 is 0. The number of aromatic nitrogens is 1. The first-order chi connectivity index (χ1) is 13.3. The van der Waals surface area contributed by atoms with Gasteiger partial charge in [0.05, 0.1) is 18.5 Å². The van der Waals surface area contributed by atoms with E-state index in [9.17, 15) is 4.79 Å². The van der Waals surface area contributed by atoms with Crippen LogP contribution in [0.5, 0.6) is 17.2 Å². The molecule has 6 nitrogen and oxygen atoms in total. The molecule has 0 radical (unpaired) electrons. The van der Waals surface area contributed by atoms with E-state index in [4.69, 9.17) is 14.2 Å². The quantitative estimate of drug-likeness (QED) is 0.448. The summed E-state index contributed by atoms with van der Waals surface area (Å²) in [4.78, 5) is 18.9. The highest BCUT2D eigenvalue weighted by Crippen LogP contribution is 2.28. The molecule has 1 aromatic heterocycles. The molecule has 2 aromatic carbocycles. The van der Waals surface area contributed by atoms with Crippen LogP contribution in [0.25, 0.3) is 0 Å². The van der Waals surface area contributed by atoms with Crippen molar-refractivity contribution in [2.75, 3.05) is 7.11 Å². The van der Waals surface area contributed by atoms with Crippen LogP contribution in [0.4, 0.5) is 5.69 Å². The first kappa shape index (κ1) is 18.1. The van der Waals surface area contributed by atoms with E-state index in [2.05, 4.69) is 9.98 Å². The van der Waals surface area contributed by atoms with E-state index in [0.29, 0.717) is 30.3 Å². The van der Waals surface area contributed by atoms with Crippen molar-refractivity contribution in [3.8, 4) is 17.2 Å². The van der Waals surface area contributed by atoms with Gasteiger partial charge in [0, 0.05) is 12.4 Å². The van der Waals surface area contributed by atoms with Gasteiger partial charge in [0.2, 0.25) is 0 Å². The lowest BCUT2D eigenvalue weighted by Crippen LogP contribution is -1.99. The molecule has 3 rings (SSSR count). The van der Waals surface area contributed by atoms with E-state index in [1.54, 1.807) is 43.8 Å². The molecule has 0 unspecified atom stereocenters. The number of carbonyl (C=O) groups excluding carboxylic acids is 1. The van der Waals surface area contributed by atoms with Gasteiger partial charge in [-0.25, -0.2) is 0 Å². The third-order valence-corrected chi connectivity index (χ3v) is 3.67. The van der Waals surface area contributed by atoms with Gasteiger partial charge >= 0.3 is 0 Å². The Kier molecular flexibility index (Phi) is 6.14. The Balaban J connectivity index is 1.68. The van der Waals surface area contributed by atoms with Crippen molar-refractivity contribution in [2.45, 2.75) is 6.61 Å². The summed E-state index contributed by atoms with van der Waals surface area (Å²) in [6, 6.07) is 18.1. The van der Waals surface area contributed by atoms with Gasteiger partial charge in [0.1, 0.15) is 12.4 Å². The maximum atomic E-state index is 10.3. The minimum atomic E-state index is 0.361. The lowest BCUT2D eigenvalue weighted by atomic mass is 10.2. The number of nitrogens with zero attached hydrogens (tertiary/aromatic N) is 2. The topological polar surface area (TPSA) is 70.0 Å². The highest BCUT2D eigenvalue weighted by molar-refractivity contribution is 5.83. The summed E-state index contributed by atoms with van der Waals surface area (Å²) in [5, 5.41) is 0. The monoisotopic (exact) mass is 362 g/mol. The van der Waals surface area contributed by atoms with Gasteiger partial charge in [-0.15, -0.1) is 0 Å². The van der Waals surface area contributed by atoms with Gasteiger partial charge in [-0.05, 0) is 60.2 Å². The number of pyridine rings is 1. The Hall–Kier alpha value is -3.67. The van der Waals surface area contributed by atoms with Crippen LogP contribution in [-0.2, 0) is 11.4 Å². The normalized spacial score (nSPS) is 10.6. The van der Waals surface area contributed by atoms with E-state index in [0.717, 1.165) is 16.9 Å². The average Bonchev–Trinajstić information content (AvgIpc) is 2.73. The maximum Gasteiger partial charge on any atom is 0.298 e. The first-order valence-electron chi connectivity index (χ1n) is 8.23. The summed E-state index contributed by atoms with van der Waals surface area (Å²) in [7, 11) is 1.59. The van der Waals surface area contributed by atoms with E-state index in [1.807, 2.05) is 36.4 Å². The van der Waals surface area contributed by atoms with Crippen molar-refractivity contribution < 1.29 is 19.0 Å². The molecule has 0 aliphatic rings. The van der Waals surface area contributed by atoms with E-state index < -0.39 is 0 Å². The summed E-state index contributed by atoms with van der Waals surface area (Å²) in [5.74, 6) is 1.72. The average molecular weight is 362 g/mol. The van der Waals surface area contributed by atoms with Gasteiger partial charge in [-0.3, -0.25) is 14.8 Å². The lowest BCUT2D eigenvalue weighted by Gasteiger charge is -2.11. The molecule has 6 heteroatoms. The van der Waals surface area contributed by atoms with Gasteiger partial charge < -0.3 is 14.2 Å². The molecule has 0 spiro atoms. The van der Waals surface area contributed by atoms with Crippen molar-refractivity contribution >= 4 is 18.4 Å². The van der Waals surface area contributed by atoms with Crippen molar-refractivity contribution in [3.63, 3.8) is 0 Å². The van der Waals surface area contributed by atoms with Crippen LogP contribution in [0.3, 0.4) is 0 Å². The van der Waals surface area contributed by atoms with Crippen LogP contribution in [0.1, 0.15) is 11.3 Å². The SMILES string of the molecule is COc1cc(C=Nc2ccc(OC=O)cc2)ccc1OCc1ccccn1. The number of methoxy groups -OCH3 is 1. The van der Waals surface area contributed by atoms with E-state index in [1.165, 1.54) is 0 Å². The molecule has 136 valence electrons. The smallest absolute Gasteiger partial charge is 0.298 e. The van der Waals surface area contributed by atoms with Crippen molar-refractivity contribution in [1.29, 1.82) is 0 Å². The zero-order valence-electron chi connectivity index (χ0n) is 14.7. The number of benzene rings is 2. The second-order valence-corrected chi connectivity index (χ2v) is 5.49.